The molecule has 0 fully saturated rings. The van der Waals surface area contributed by atoms with Crippen molar-refractivity contribution in [1.82, 2.24) is 15.4 Å². The minimum absolute atomic E-state index is 0.0215. The number of aryl methyl sites for hydroxylation is 1. The molecule has 2 N–H and O–H groups in total. The largest absolute Gasteiger partial charge is 0.359 e. The van der Waals surface area contributed by atoms with Crippen molar-refractivity contribution < 1.29 is 22.5 Å². The molecule has 0 aliphatic rings. The zero-order valence-electron chi connectivity index (χ0n) is 23.4. The molecule has 3 rings (SSSR count). The number of amides is 2. The third-order valence-electron chi connectivity index (χ3n) is 7.00. The summed E-state index contributed by atoms with van der Waals surface area (Å²) in [6.07, 6.45) is 1.78. The molecule has 2 atom stereocenters. The molecule has 0 aliphatic carbocycles. The molecule has 0 saturated heterocycles. The van der Waals surface area contributed by atoms with Crippen LogP contribution >= 0.6 is 0 Å². The Bertz CT molecular complexity index is 1400. The topological polar surface area (TPSA) is 122 Å². The molecule has 2 aromatic carbocycles. The van der Waals surface area contributed by atoms with Crippen LogP contribution in [-0.4, -0.2) is 43.4 Å². The molecule has 0 bridgehead atoms. The van der Waals surface area contributed by atoms with Gasteiger partial charge in [0, 0.05) is 31.1 Å². The molecule has 9 nitrogen and oxygen atoms in total. The van der Waals surface area contributed by atoms with Gasteiger partial charge in [0.05, 0.1) is 4.90 Å². The van der Waals surface area contributed by atoms with E-state index >= 15 is 0 Å². The highest BCUT2D eigenvalue weighted by molar-refractivity contribution is 7.92. The molecule has 1 aromatic heterocycles. The molecule has 0 saturated carbocycles. The van der Waals surface area contributed by atoms with Crippen molar-refractivity contribution in [2.45, 2.75) is 71.4 Å². The highest BCUT2D eigenvalue weighted by Crippen LogP contribution is 2.30. The van der Waals surface area contributed by atoms with Crippen molar-refractivity contribution in [3.8, 4) is 11.1 Å². The van der Waals surface area contributed by atoms with Gasteiger partial charge in [-0.1, -0.05) is 74.8 Å². The summed E-state index contributed by atoms with van der Waals surface area (Å²) in [4.78, 5) is 27.7. The molecule has 0 aliphatic heterocycles. The van der Waals surface area contributed by atoms with E-state index < -0.39 is 16.1 Å². The average Bonchev–Trinajstić information content (AvgIpc) is 3.24. The van der Waals surface area contributed by atoms with Crippen LogP contribution in [0.4, 0.5) is 5.82 Å². The lowest BCUT2D eigenvalue weighted by molar-refractivity contribution is -0.143. The van der Waals surface area contributed by atoms with Crippen LogP contribution in [0.15, 0.2) is 57.9 Å². The normalized spacial score (nSPS) is 13.0. The Labute approximate surface area is 231 Å². The Hall–Kier alpha value is -3.66. The number of benzene rings is 2. The number of carbonyl (C=O) groups is 2. The van der Waals surface area contributed by atoms with Crippen molar-refractivity contribution in [3.63, 3.8) is 0 Å². The highest BCUT2D eigenvalue weighted by Gasteiger charge is 2.32. The predicted octanol–water partition coefficient (Wildman–Crippen LogP) is 5.05. The van der Waals surface area contributed by atoms with Gasteiger partial charge in [-0.3, -0.25) is 14.3 Å². The summed E-state index contributed by atoms with van der Waals surface area (Å²) in [5.41, 5.74) is 2.68. The number of nitrogens with zero attached hydrogens (tertiary/aromatic N) is 2. The van der Waals surface area contributed by atoms with Gasteiger partial charge in [-0.25, -0.2) is 8.42 Å². The maximum absolute atomic E-state index is 13.3. The number of hydrogen-bond acceptors (Lipinski definition) is 6. The fourth-order valence-electron chi connectivity index (χ4n) is 4.40. The summed E-state index contributed by atoms with van der Waals surface area (Å²) in [6, 6.07) is 13.5. The smallest absolute Gasteiger partial charge is 0.263 e. The van der Waals surface area contributed by atoms with Crippen LogP contribution in [-0.2, 0) is 26.2 Å². The number of likely N-dealkylation sites (N-methyl/N-ethyl adjacent to an activating group) is 1. The zero-order chi connectivity index (χ0) is 28.7. The maximum Gasteiger partial charge on any atom is 0.263 e. The highest BCUT2D eigenvalue weighted by atomic mass is 32.2. The number of rotatable bonds is 12. The molecular weight excluding hydrogens is 516 g/mol. The molecule has 10 heteroatoms. The molecule has 3 aromatic rings. The van der Waals surface area contributed by atoms with Crippen LogP contribution in [0.1, 0.15) is 56.9 Å². The van der Waals surface area contributed by atoms with Crippen LogP contribution < -0.4 is 10.0 Å². The first kappa shape index (κ1) is 29.9. The van der Waals surface area contributed by atoms with Crippen LogP contribution in [0.2, 0.25) is 0 Å². The van der Waals surface area contributed by atoms with E-state index in [9.17, 15) is 18.0 Å². The van der Waals surface area contributed by atoms with Gasteiger partial charge in [-0.05, 0) is 43.4 Å². The van der Waals surface area contributed by atoms with E-state index in [4.69, 9.17) is 4.52 Å². The minimum Gasteiger partial charge on any atom is -0.359 e. The Kier molecular flexibility index (Phi) is 9.91. The van der Waals surface area contributed by atoms with Gasteiger partial charge in [0.2, 0.25) is 11.8 Å². The third kappa shape index (κ3) is 6.86. The van der Waals surface area contributed by atoms with Crippen molar-refractivity contribution in [3.05, 3.63) is 65.4 Å². The van der Waals surface area contributed by atoms with Crippen LogP contribution in [0.3, 0.4) is 0 Å². The van der Waals surface area contributed by atoms with E-state index in [1.54, 1.807) is 50.1 Å². The maximum atomic E-state index is 13.3. The predicted molar refractivity (Wildman–Crippen MR) is 151 cm³/mol. The van der Waals surface area contributed by atoms with E-state index in [0.29, 0.717) is 35.3 Å². The zero-order valence-corrected chi connectivity index (χ0v) is 24.3. The first-order valence-electron chi connectivity index (χ1n) is 13.2. The second-order valence-corrected chi connectivity index (χ2v) is 11.4. The van der Waals surface area contributed by atoms with Crippen LogP contribution in [0.5, 0.6) is 0 Å². The van der Waals surface area contributed by atoms with Crippen LogP contribution in [0, 0.1) is 19.8 Å². The number of hydrogen-bond donors (Lipinski definition) is 2. The molecule has 1 heterocycles. The first-order chi connectivity index (χ1) is 18.5. The van der Waals surface area contributed by atoms with Crippen molar-refractivity contribution in [2.24, 2.45) is 5.92 Å². The monoisotopic (exact) mass is 554 g/mol. The van der Waals surface area contributed by atoms with Gasteiger partial charge in [-0.15, -0.1) is 0 Å². The lowest BCUT2D eigenvalue weighted by atomic mass is 9.95. The van der Waals surface area contributed by atoms with Crippen molar-refractivity contribution >= 4 is 27.7 Å². The van der Waals surface area contributed by atoms with Crippen molar-refractivity contribution in [1.29, 1.82) is 0 Å². The molecule has 2 amide bonds. The Morgan fingerprint density at radius 1 is 1.05 bits per heavy atom. The summed E-state index contributed by atoms with van der Waals surface area (Å²) in [7, 11) is -2.37. The van der Waals surface area contributed by atoms with Gasteiger partial charge < -0.3 is 14.7 Å². The Balaban J connectivity index is 1.93. The first-order valence-corrected chi connectivity index (χ1v) is 14.7. The van der Waals surface area contributed by atoms with E-state index in [2.05, 4.69) is 15.2 Å². The summed E-state index contributed by atoms with van der Waals surface area (Å²) < 4.78 is 34.2. The summed E-state index contributed by atoms with van der Waals surface area (Å²) in [5, 5.41) is 6.53. The lowest BCUT2D eigenvalue weighted by Crippen LogP contribution is -2.51. The fourth-order valence-corrected chi connectivity index (χ4v) is 5.69. The lowest BCUT2D eigenvalue weighted by Gasteiger charge is -2.34. The van der Waals surface area contributed by atoms with E-state index in [0.717, 1.165) is 12.0 Å². The van der Waals surface area contributed by atoms with Crippen LogP contribution in [0.25, 0.3) is 11.1 Å². The Morgan fingerprint density at radius 3 is 2.28 bits per heavy atom. The standard InChI is InChI=1S/C29H38N4O5S/c1-7-11-26(34)33(27(19(3)8-2)29(35)30-6)18-22-14-16-23(17-15-22)24-12-9-10-13-25(24)39(36,37)32-28-20(4)21(5)38-31-28/h9-10,12-17,19,27H,7-8,11,18H2,1-6H3,(H,30,35)(H,31,32)/t19-,27-/m0/s1. The number of nitrogens with one attached hydrogen (secondary N) is 2. The molecule has 210 valence electrons. The van der Waals surface area contributed by atoms with Gasteiger partial charge in [-0.2, -0.15) is 0 Å². The van der Waals surface area contributed by atoms with E-state index in [-0.39, 0.29) is 35.0 Å². The summed E-state index contributed by atoms with van der Waals surface area (Å²) in [6.45, 7) is 9.64. The van der Waals surface area contributed by atoms with Gasteiger partial charge >= 0.3 is 0 Å². The third-order valence-corrected chi connectivity index (χ3v) is 8.40. The molecular formula is C29H38N4O5S. The van der Waals surface area contributed by atoms with Gasteiger partial charge in [0.25, 0.3) is 10.0 Å². The molecule has 0 spiro atoms. The van der Waals surface area contributed by atoms with E-state index in [1.807, 2.05) is 45.0 Å². The number of anilines is 1. The quantitative estimate of drug-likeness (QED) is 0.323. The number of carbonyl (C=O) groups excluding carboxylic acids is 2. The van der Waals surface area contributed by atoms with Gasteiger partial charge in [0.1, 0.15) is 11.8 Å². The number of sulfonamides is 1. The fraction of sp³-hybridized carbons (Fsp3) is 0.414. The van der Waals surface area contributed by atoms with E-state index in [1.165, 1.54) is 0 Å². The SMILES string of the molecule is CCCC(=O)N(Cc1ccc(-c2ccccc2S(=O)(=O)Nc2noc(C)c2C)cc1)[C@H](C(=O)NC)[C@@H](C)CC. The average molecular weight is 555 g/mol. The number of aromatic nitrogens is 1. The van der Waals surface area contributed by atoms with Crippen molar-refractivity contribution in [2.75, 3.05) is 11.8 Å². The molecule has 0 radical (unpaired) electrons. The summed E-state index contributed by atoms with van der Waals surface area (Å²) >= 11 is 0. The second-order valence-electron chi connectivity index (χ2n) is 9.73. The molecule has 39 heavy (non-hydrogen) atoms. The Morgan fingerprint density at radius 2 is 1.72 bits per heavy atom. The summed E-state index contributed by atoms with van der Waals surface area (Å²) in [5.74, 6) is 0.411. The van der Waals surface area contributed by atoms with Gasteiger partial charge in [0.15, 0.2) is 5.82 Å². The minimum atomic E-state index is -3.95. The molecule has 0 unspecified atom stereocenters. The second kappa shape index (κ2) is 12.9.